The fourth-order valence-electron chi connectivity index (χ4n) is 5.70. The molecule has 1 fully saturated rings. The number of para-hydroxylation sites is 1. The minimum absolute atomic E-state index is 0.0328. The van der Waals surface area contributed by atoms with Crippen LogP contribution in [0.15, 0.2) is 60.7 Å². The molecule has 7 heteroatoms. The minimum Gasteiger partial charge on any atom is -0.368 e. The van der Waals surface area contributed by atoms with Crippen molar-refractivity contribution in [2.24, 2.45) is 0 Å². The van der Waals surface area contributed by atoms with Gasteiger partial charge in [-0.2, -0.15) is 0 Å². The Balaban J connectivity index is 1.23. The van der Waals surface area contributed by atoms with Crippen LogP contribution in [-0.4, -0.2) is 56.5 Å². The third-order valence-electron chi connectivity index (χ3n) is 7.73. The minimum atomic E-state index is -0.299. The summed E-state index contributed by atoms with van der Waals surface area (Å²) in [5.74, 6) is -0.408. The molecule has 3 aromatic carbocycles. The van der Waals surface area contributed by atoms with Gasteiger partial charge in [-0.1, -0.05) is 18.2 Å². The second kappa shape index (κ2) is 8.75. The molecular weight excluding hydrogens is 455 g/mol. The lowest BCUT2D eigenvalue weighted by Crippen LogP contribution is -2.38. The number of carbonyl (C=O) groups excluding carboxylic acids is 2. The van der Waals surface area contributed by atoms with E-state index in [-0.39, 0.29) is 17.6 Å². The Morgan fingerprint density at radius 2 is 1.69 bits per heavy atom. The third-order valence-corrected chi connectivity index (χ3v) is 7.73. The molecule has 0 unspecified atom stereocenters. The van der Waals surface area contributed by atoms with Gasteiger partial charge in [-0.3, -0.25) is 14.5 Å². The number of likely N-dealkylation sites (N-methyl/N-ethyl adjacent to an activating group) is 1. The molecule has 1 atom stereocenters. The summed E-state index contributed by atoms with van der Waals surface area (Å²) in [6.07, 6.45) is 2.03. The third kappa shape index (κ3) is 3.75. The molecule has 0 saturated carbocycles. The lowest BCUT2D eigenvalue weighted by Gasteiger charge is -2.30. The van der Waals surface area contributed by atoms with Gasteiger partial charge < -0.3 is 14.7 Å². The number of fused-ring (bicyclic) bond motifs is 2. The summed E-state index contributed by atoms with van der Waals surface area (Å²) in [5.41, 5.74) is 5.37. The number of carbonyl (C=O) groups is 2. The molecule has 0 aliphatic carbocycles. The van der Waals surface area contributed by atoms with E-state index in [1.54, 1.807) is 21.9 Å². The van der Waals surface area contributed by atoms with Crippen molar-refractivity contribution in [1.29, 1.82) is 0 Å². The first kappa shape index (κ1) is 22.7. The standard InChI is InChI=1S/C29H29FN4O2/c1-31(2)23-12-13-32(18-23)27-10-8-21(17-25(27)30)33-14-11-19-15-22(7-9-24(19)29(33)36)34-26-6-4-3-5-20(26)16-28(34)35/h3-10,15,17,23H,11-14,16,18H2,1-2H3/t23-/m1/s1. The smallest absolute Gasteiger partial charge is 0.258 e. The van der Waals surface area contributed by atoms with Crippen molar-refractivity contribution < 1.29 is 14.0 Å². The van der Waals surface area contributed by atoms with Crippen LogP contribution in [0.3, 0.4) is 0 Å². The Bertz CT molecular complexity index is 1370. The van der Waals surface area contributed by atoms with Gasteiger partial charge >= 0.3 is 0 Å². The molecule has 0 bridgehead atoms. The zero-order valence-corrected chi connectivity index (χ0v) is 20.6. The van der Waals surface area contributed by atoms with E-state index in [1.165, 1.54) is 6.07 Å². The summed E-state index contributed by atoms with van der Waals surface area (Å²) in [6.45, 7) is 2.08. The summed E-state index contributed by atoms with van der Waals surface area (Å²) < 4.78 is 15.2. The van der Waals surface area contributed by atoms with Crippen molar-refractivity contribution in [2.75, 3.05) is 48.4 Å². The van der Waals surface area contributed by atoms with Crippen LogP contribution in [0.1, 0.15) is 27.9 Å². The molecule has 0 spiro atoms. The number of nitrogens with zero attached hydrogens (tertiary/aromatic N) is 4. The molecule has 6 rings (SSSR count). The number of halogens is 1. The highest BCUT2D eigenvalue weighted by atomic mass is 19.1. The van der Waals surface area contributed by atoms with Gasteiger partial charge in [0, 0.05) is 42.6 Å². The fourth-order valence-corrected chi connectivity index (χ4v) is 5.70. The zero-order chi connectivity index (χ0) is 25.0. The first-order valence-electron chi connectivity index (χ1n) is 12.5. The number of hydrogen-bond acceptors (Lipinski definition) is 4. The SMILES string of the molecule is CN(C)[C@@H]1CCN(c2ccc(N3CCc4cc(N5C(=O)Cc6ccccc65)ccc4C3=O)cc2F)C1. The number of rotatable bonds is 4. The van der Waals surface area contributed by atoms with Crippen LogP contribution in [0.25, 0.3) is 0 Å². The second-order valence-electron chi connectivity index (χ2n) is 10.1. The second-order valence-corrected chi connectivity index (χ2v) is 10.1. The Hall–Kier alpha value is -3.71. The molecule has 3 heterocycles. The summed E-state index contributed by atoms with van der Waals surface area (Å²) in [6, 6.07) is 18.9. The maximum absolute atomic E-state index is 15.2. The Morgan fingerprint density at radius 1 is 0.889 bits per heavy atom. The lowest BCUT2D eigenvalue weighted by molar-refractivity contribution is -0.116. The molecule has 3 aliphatic heterocycles. The average Bonchev–Trinajstić information content (AvgIpc) is 3.48. The van der Waals surface area contributed by atoms with Crippen molar-refractivity contribution in [3.05, 3.63) is 83.2 Å². The van der Waals surface area contributed by atoms with Gasteiger partial charge in [0.15, 0.2) is 0 Å². The molecule has 6 nitrogen and oxygen atoms in total. The van der Waals surface area contributed by atoms with E-state index >= 15 is 4.39 Å². The summed E-state index contributed by atoms with van der Waals surface area (Å²) in [5, 5.41) is 0. The normalized spacial score (nSPS) is 19.3. The van der Waals surface area contributed by atoms with E-state index in [1.807, 2.05) is 42.5 Å². The van der Waals surface area contributed by atoms with Crippen LogP contribution >= 0.6 is 0 Å². The molecule has 1 saturated heterocycles. The van der Waals surface area contributed by atoms with Crippen molar-refractivity contribution in [2.45, 2.75) is 25.3 Å². The molecule has 0 N–H and O–H groups in total. The predicted molar refractivity (Wildman–Crippen MR) is 140 cm³/mol. The van der Waals surface area contributed by atoms with Crippen molar-refractivity contribution >= 4 is 34.6 Å². The van der Waals surface area contributed by atoms with Gasteiger partial charge in [-0.05, 0) is 80.5 Å². The number of benzene rings is 3. The monoisotopic (exact) mass is 484 g/mol. The largest absolute Gasteiger partial charge is 0.368 e. The predicted octanol–water partition coefficient (Wildman–Crippen LogP) is 4.39. The van der Waals surface area contributed by atoms with Crippen molar-refractivity contribution in [1.82, 2.24) is 4.90 Å². The maximum Gasteiger partial charge on any atom is 0.258 e. The van der Waals surface area contributed by atoms with Crippen LogP contribution in [-0.2, 0) is 17.6 Å². The van der Waals surface area contributed by atoms with Crippen molar-refractivity contribution in [3.63, 3.8) is 0 Å². The van der Waals surface area contributed by atoms with Crippen molar-refractivity contribution in [3.8, 4) is 0 Å². The first-order chi connectivity index (χ1) is 17.4. The Morgan fingerprint density at radius 3 is 2.47 bits per heavy atom. The molecule has 36 heavy (non-hydrogen) atoms. The molecule has 0 radical (unpaired) electrons. The van der Waals surface area contributed by atoms with E-state index in [0.29, 0.717) is 42.4 Å². The first-order valence-corrected chi connectivity index (χ1v) is 12.5. The van der Waals surface area contributed by atoms with Gasteiger partial charge in [0.2, 0.25) is 5.91 Å². The highest BCUT2D eigenvalue weighted by Crippen LogP contribution is 2.37. The van der Waals surface area contributed by atoms with Gasteiger partial charge in [0.25, 0.3) is 5.91 Å². The van der Waals surface area contributed by atoms with E-state index in [9.17, 15) is 9.59 Å². The van der Waals surface area contributed by atoms with Crippen LogP contribution < -0.4 is 14.7 Å². The Labute approximate surface area is 210 Å². The van der Waals surface area contributed by atoms with Crippen LogP contribution in [0.2, 0.25) is 0 Å². The molecule has 184 valence electrons. The quantitative estimate of drug-likeness (QED) is 0.551. The van der Waals surface area contributed by atoms with Gasteiger partial charge in [-0.15, -0.1) is 0 Å². The molecular formula is C29H29FN4O2. The van der Waals surface area contributed by atoms with Gasteiger partial charge in [-0.25, -0.2) is 4.39 Å². The van der Waals surface area contributed by atoms with Crippen LogP contribution in [0.5, 0.6) is 0 Å². The highest BCUT2D eigenvalue weighted by molar-refractivity contribution is 6.10. The molecule has 2 amide bonds. The van der Waals surface area contributed by atoms with Gasteiger partial charge in [0.1, 0.15) is 5.82 Å². The highest BCUT2D eigenvalue weighted by Gasteiger charge is 2.32. The lowest BCUT2D eigenvalue weighted by atomic mass is 9.97. The average molecular weight is 485 g/mol. The summed E-state index contributed by atoms with van der Waals surface area (Å²) in [7, 11) is 4.11. The number of hydrogen-bond donors (Lipinski definition) is 0. The van der Waals surface area contributed by atoms with Crippen LogP contribution in [0.4, 0.5) is 27.1 Å². The number of amides is 2. The fraction of sp³-hybridized carbons (Fsp3) is 0.310. The zero-order valence-electron chi connectivity index (χ0n) is 20.6. The molecule has 3 aromatic rings. The molecule has 3 aliphatic rings. The van der Waals surface area contributed by atoms with E-state index < -0.39 is 0 Å². The topological polar surface area (TPSA) is 47.1 Å². The summed E-state index contributed by atoms with van der Waals surface area (Å²) >= 11 is 0. The Kier molecular flexibility index (Phi) is 5.52. The van der Waals surface area contributed by atoms with E-state index in [4.69, 9.17) is 0 Å². The molecule has 0 aromatic heterocycles. The van der Waals surface area contributed by atoms with Gasteiger partial charge in [0.05, 0.1) is 17.8 Å². The number of anilines is 4. The summed E-state index contributed by atoms with van der Waals surface area (Å²) in [4.78, 5) is 33.8. The van der Waals surface area contributed by atoms with E-state index in [0.717, 1.165) is 42.0 Å². The van der Waals surface area contributed by atoms with E-state index in [2.05, 4.69) is 23.9 Å². The van der Waals surface area contributed by atoms with Crippen LogP contribution in [0, 0.1) is 5.82 Å². The maximum atomic E-state index is 15.2.